The molecular formula is C45H79O8P. The number of allylic oxidation sites excluding steroid dienone is 10. The van der Waals surface area contributed by atoms with Gasteiger partial charge in [-0.2, -0.15) is 0 Å². The largest absolute Gasteiger partial charge is 0.472 e. The molecule has 0 rings (SSSR count). The monoisotopic (exact) mass is 779 g/mol. The van der Waals surface area contributed by atoms with E-state index in [9.17, 15) is 19.0 Å². The van der Waals surface area contributed by atoms with E-state index in [1.807, 2.05) is 0 Å². The summed E-state index contributed by atoms with van der Waals surface area (Å²) >= 11 is 0. The number of hydrogen-bond donors (Lipinski definition) is 1. The van der Waals surface area contributed by atoms with Gasteiger partial charge in [-0.15, -0.1) is 0 Å². The number of rotatable bonds is 39. The maximum absolute atomic E-state index is 12.5. The second-order valence-electron chi connectivity index (χ2n) is 14.0. The van der Waals surface area contributed by atoms with Gasteiger partial charge in [0.15, 0.2) is 6.10 Å². The first-order valence-corrected chi connectivity index (χ1v) is 23.1. The Bertz CT molecular complexity index is 1060. The lowest BCUT2D eigenvalue weighted by Crippen LogP contribution is -2.29. The quantitative estimate of drug-likeness (QED) is 0.0284. The van der Waals surface area contributed by atoms with Gasteiger partial charge in [-0.25, -0.2) is 4.57 Å². The van der Waals surface area contributed by atoms with Crippen LogP contribution in [0, 0.1) is 0 Å². The molecule has 0 aliphatic carbocycles. The molecule has 8 nitrogen and oxygen atoms in total. The average Bonchev–Trinajstić information content (AvgIpc) is 3.15. The molecule has 0 radical (unpaired) electrons. The van der Waals surface area contributed by atoms with E-state index < -0.39 is 26.5 Å². The van der Waals surface area contributed by atoms with Crippen molar-refractivity contribution in [2.75, 3.05) is 19.8 Å². The van der Waals surface area contributed by atoms with Gasteiger partial charge in [-0.05, 0) is 84.0 Å². The molecular weight excluding hydrogens is 699 g/mol. The van der Waals surface area contributed by atoms with Crippen molar-refractivity contribution in [2.24, 2.45) is 0 Å². The Hall–Kier alpha value is -2.25. The van der Waals surface area contributed by atoms with Crippen molar-refractivity contribution in [1.29, 1.82) is 0 Å². The van der Waals surface area contributed by atoms with E-state index in [1.54, 1.807) is 6.92 Å². The topological polar surface area (TPSA) is 108 Å². The molecule has 2 unspecified atom stereocenters. The number of carbonyl (C=O) groups is 2. The zero-order valence-electron chi connectivity index (χ0n) is 34.6. The van der Waals surface area contributed by atoms with E-state index in [0.717, 1.165) is 64.2 Å². The SMILES string of the molecule is CC/C=C\C/C=C\C/C=C\CCCCCC(=O)OC(COC(=O)CCCCCCCCCCC/C=C\C/C=C\CCCCCCC)COP(=O)(O)OCC. The van der Waals surface area contributed by atoms with Crippen LogP contribution in [0.4, 0.5) is 0 Å². The Morgan fingerprint density at radius 3 is 1.44 bits per heavy atom. The van der Waals surface area contributed by atoms with E-state index in [4.69, 9.17) is 18.5 Å². The van der Waals surface area contributed by atoms with Crippen LogP contribution in [0.2, 0.25) is 0 Å². The van der Waals surface area contributed by atoms with Gasteiger partial charge >= 0.3 is 19.8 Å². The Balaban J connectivity index is 4.08. The van der Waals surface area contributed by atoms with Crippen LogP contribution in [0.5, 0.6) is 0 Å². The molecule has 1 N–H and O–H groups in total. The van der Waals surface area contributed by atoms with Crippen LogP contribution in [0.15, 0.2) is 60.8 Å². The van der Waals surface area contributed by atoms with Crippen molar-refractivity contribution in [3.8, 4) is 0 Å². The number of unbranched alkanes of at least 4 members (excludes halogenated alkanes) is 17. The number of ether oxygens (including phenoxy) is 2. The number of esters is 2. The minimum Gasteiger partial charge on any atom is -0.462 e. The van der Waals surface area contributed by atoms with Gasteiger partial charge in [0, 0.05) is 12.8 Å². The highest BCUT2D eigenvalue weighted by Crippen LogP contribution is 2.43. The number of carbonyl (C=O) groups excluding carboxylic acids is 2. The first-order chi connectivity index (χ1) is 26.3. The minimum absolute atomic E-state index is 0.00854. The summed E-state index contributed by atoms with van der Waals surface area (Å²) in [6.07, 6.45) is 48.5. The van der Waals surface area contributed by atoms with Crippen molar-refractivity contribution in [3.05, 3.63) is 60.8 Å². The summed E-state index contributed by atoms with van der Waals surface area (Å²) in [6, 6.07) is 0. The minimum atomic E-state index is -4.29. The van der Waals surface area contributed by atoms with Gasteiger partial charge in [0.05, 0.1) is 13.2 Å². The highest BCUT2D eigenvalue weighted by Gasteiger charge is 2.25. The summed E-state index contributed by atoms with van der Waals surface area (Å²) in [5.41, 5.74) is 0. The third-order valence-corrected chi connectivity index (χ3v) is 9.87. The Kier molecular flexibility index (Phi) is 38.7. The maximum Gasteiger partial charge on any atom is 0.472 e. The lowest BCUT2D eigenvalue weighted by atomic mass is 10.1. The summed E-state index contributed by atoms with van der Waals surface area (Å²) in [4.78, 5) is 34.7. The molecule has 0 spiro atoms. The van der Waals surface area contributed by atoms with Crippen LogP contribution in [0.1, 0.15) is 188 Å². The molecule has 0 aromatic rings. The van der Waals surface area contributed by atoms with Gasteiger partial charge in [0.25, 0.3) is 0 Å². The van der Waals surface area contributed by atoms with Crippen LogP contribution in [-0.4, -0.2) is 42.8 Å². The molecule has 9 heteroatoms. The molecule has 0 aliphatic heterocycles. The number of phosphoric ester groups is 1. The second-order valence-corrected chi connectivity index (χ2v) is 15.4. The first-order valence-electron chi connectivity index (χ1n) is 21.6. The Morgan fingerprint density at radius 2 is 0.944 bits per heavy atom. The van der Waals surface area contributed by atoms with Crippen LogP contribution in [0.25, 0.3) is 0 Å². The molecule has 0 aromatic heterocycles. The standard InChI is InChI=1S/C45H79O8P/c1-4-7-9-11-13-15-17-19-20-21-22-23-24-25-26-28-29-31-33-35-37-39-44(46)50-41-43(42-52-54(48,49)51-6-3)53-45(47)40-38-36-34-32-30-27-18-16-14-12-10-8-5-2/h8,10,14,16-17,19,21-22,27,30,43H,4-7,9,11-13,15,18,20,23-26,28-29,31-42H2,1-3H3,(H,48,49)/b10-8-,16-14-,19-17-,22-21-,30-27-. The summed E-state index contributed by atoms with van der Waals surface area (Å²) in [7, 11) is -4.29. The molecule has 54 heavy (non-hydrogen) atoms. The van der Waals surface area contributed by atoms with Crippen LogP contribution >= 0.6 is 7.82 Å². The van der Waals surface area contributed by atoms with Gasteiger partial charge in [-0.3, -0.25) is 18.6 Å². The molecule has 2 atom stereocenters. The smallest absolute Gasteiger partial charge is 0.462 e. The van der Waals surface area contributed by atoms with Crippen molar-refractivity contribution in [2.45, 2.75) is 194 Å². The fraction of sp³-hybridized carbons (Fsp3) is 0.733. The van der Waals surface area contributed by atoms with Gasteiger partial charge in [0.1, 0.15) is 6.61 Å². The summed E-state index contributed by atoms with van der Waals surface area (Å²) in [6.45, 7) is 5.30. The zero-order chi connectivity index (χ0) is 39.6. The molecule has 0 saturated heterocycles. The molecule has 0 saturated carbocycles. The van der Waals surface area contributed by atoms with Gasteiger partial charge in [-0.1, -0.05) is 152 Å². The Morgan fingerprint density at radius 1 is 0.519 bits per heavy atom. The van der Waals surface area contributed by atoms with Crippen molar-refractivity contribution >= 4 is 19.8 Å². The molecule has 0 bridgehead atoms. The predicted molar refractivity (Wildman–Crippen MR) is 225 cm³/mol. The van der Waals surface area contributed by atoms with Crippen molar-refractivity contribution in [1.82, 2.24) is 0 Å². The molecule has 0 aliphatic rings. The van der Waals surface area contributed by atoms with Crippen molar-refractivity contribution < 1.29 is 37.6 Å². The van der Waals surface area contributed by atoms with E-state index in [1.165, 1.54) is 83.5 Å². The maximum atomic E-state index is 12.5. The zero-order valence-corrected chi connectivity index (χ0v) is 35.5. The fourth-order valence-corrected chi connectivity index (χ4v) is 6.43. The molecule has 0 amide bonds. The molecule has 0 heterocycles. The summed E-state index contributed by atoms with van der Waals surface area (Å²) in [5, 5.41) is 0. The molecule has 312 valence electrons. The highest BCUT2D eigenvalue weighted by molar-refractivity contribution is 7.47. The lowest BCUT2D eigenvalue weighted by molar-refractivity contribution is -0.161. The second kappa shape index (κ2) is 40.4. The third kappa shape index (κ3) is 39.4. The van der Waals surface area contributed by atoms with Gasteiger partial charge < -0.3 is 14.4 Å². The average molecular weight is 779 g/mol. The third-order valence-electron chi connectivity index (χ3n) is 8.81. The summed E-state index contributed by atoms with van der Waals surface area (Å²) < 4.78 is 32.6. The fourth-order valence-electron chi connectivity index (χ4n) is 5.67. The lowest BCUT2D eigenvalue weighted by Gasteiger charge is -2.19. The summed E-state index contributed by atoms with van der Waals surface area (Å²) in [5.74, 6) is -0.840. The van der Waals surface area contributed by atoms with Crippen molar-refractivity contribution in [3.63, 3.8) is 0 Å². The first kappa shape index (κ1) is 51.8. The molecule has 0 aromatic carbocycles. The number of phosphoric acid groups is 1. The van der Waals surface area contributed by atoms with E-state index >= 15 is 0 Å². The van der Waals surface area contributed by atoms with Crippen LogP contribution in [0.3, 0.4) is 0 Å². The normalized spacial score (nSPS) is 13.9. The van der Waals surface area contributed by atoms with E-state index in [2.05, 4.69) is 74.6 Å². The van der Waals surface area contributed by atoms with Gasteiger partial charge in [0.2, 0.25) is 0 Å². The molecule has 0 fully saturated rings. The number of hydrogen-bond acceptors (Lipinski definition) is 7. The van der Waals surface area contributed by atoms with Crippen LogP contribution < -0.4 is 0 Å². The van der Waals surface area contributed by atoms with E-state index in [0.29, 0.717) is 6.42 Å². The predicted octanol–water partition coefficient (Wildman–Crippen LogP) is 13.6. The van der Waals surface area contributed by atoms with E-state index in [-0.39, 0.29) is 32.0 Å². The Labute approximate surface area is 330 Å². The highest BCUT2D eigenvalue weighted by atomic mass is 31.2. The van der Waals surface area contributed by atoms with Crippen LogP contribution in [-0.2, 0) is 32.7 Å².